The SMILES string of the molecule is CC(C)CC(=O)Nc1cccc(CNC(=O)N2CCCC(C(=O)O)C2)c1. The van der Waals surface area contributed by atoms with Gasteiger partial charge in [0, 0.05) is 31.7 Å². The van der Waals surface area contributed by atoms with Crippen LogP contribution in [-0.4, -0.2) is 41.0 Å². The van der Waals surface area contributed by atoms with Crippen LogP contribution in [0.3, 0.4) is 0 Å². The van der Waals surface area contributed by atoms with Gasteiger partial charge in [0.1, 0.15) is 0 Å². The summed E-state index contributed by atoms with van der Waals surface area (Å²) < 4.78 is 0. The number of carboxylic acid groups (broad SMARTS) is 1. The Morgan fingerprint density at radius 3 is 2.77 bits per heavy atom. The third kappa shape index (κ3) is 6.06. The standard InChI is InChI=1S/C19H27N3O4/c1-13(2)9-17(23)21-16-7-3-5-14(10-16)11-20-19(26)22-8-4-6-15(12-22)18(24)25/h3,5,7,10,13,15H,4,6,8-9,11-12H2,1-2H3,(H,20,26)(H,21,23)(H,24,25). The molecule has 0 bridgehead atoms. The topological polar surface area (TPSA) is 98.7 Å². The van der Waals surface area contributed by atoms with Gasteiger partial charge in [-0.05, 0) is 36.5 Å². The summed E-state index contributed by atoms with van der Waals surface area (Å²) in [6, 6.07) is 7.08. The van der Waals surface area contributed by atoms with Crippen LogP contribution in [-0.2, 0) is 16.1 Å². The molecule has 0 aromatic heterocycles. The predicted molar refractivity (Wildman–Crippen MR) is 98.7 cm³/mol. The maximum Gasteiger partial charge on any atom is 0.317 e. The zero-order valence-corrected chi connectivity index (χ0v) is 15.3. The Hall–Kier alpha value is -2.57. The normalized spacial score (nSPS) is 17.0. The van der Waals surface area contributed by atoms with Crippen LogP contribution in [0.15, 0.2) is 24.3 Å². The predicted octanol–water partition coefficient (Wildman–Crippen LogP) is 2.68. The van der Waals surface area contributed by atoms with E-state index < -0.39 is 11.9 Å². The molecule has 0 radical (unpaired) electrons. The molecule has 1 aromatic carbocycles. The highest BCUT2D eigenvalue weighted by molar-refractivity contribution is 5.90. The molecule has 2 rings (SSSR count). The molecule has 1 aliphatic rings. The number of piperidine rings is 1. The molecule has 26 heavy (non-hydrogen) atoms. The minimum Gasteiger partial charge on any atom is -0.481 e. The Morgan fingerprint density at radius 2 is 2.08 bits per heavy atom. The lowest BCUT2D eigenvalue weighted by molar-refractivity contribution is -0.143. The highest BCUT2D eigenvalue weighted by Gasteiger charge is 2.27. The number of benzene rings is 1. The maximum absolute atomic E-state index is 12.3. The first-order chi connectivity index (χ1) is 12.3. The van der Waals surface area contributed by atoms with E-state index in [1.165, 1.54) is 0 Å². The third-order valence-corrected chi connectivity index (χ3v) is 4.31. The first-order valence-electron chi connectivity index (χ1n) is 8.99. The van der Waals surface area contributed by atoms with E-state index in [0.29, 0.717) is 38.0 Å². The van der Waals surface area contributed by atoms with Crippen LogP contribution < -0.4 is 10.6 Å². The van der Waals surface area contributed by atoms with Crippen molar-refractivity contribution in [1.82, 2.24) is 10.2 Å². The Bertz CT molecular complexity index is 660. The average molecular weight is 361 g/mol. The second-order valence-electron chi connectivity index (χ2n) is 7.13. The van der Waals surface area contributed by atoms with Crippen LogP contribution in [0, 0.1) is 11.8 Å². The molecule has 1 atom stereocenters. The van der Waals surface area contributed by atoms with Crippen LogP contribution in [0.25, 0.3) is 0 Å². The number of anilines is 1. The van der Waals surface area contributed by atoms with Gasteiger partial charge in [-0.1, -0.05) is 26.0 Å². The van der Waals surface area contributed by atoms with Crippen molar-refractivity contribution in [3.05, 3.63) is 29.8 Å². The Morgan fingerprint density at radius 1 is 1.31 bits per heavy atom. The van der Waals surface area contributed by atoms with Gasteiger partial charge in [0.2, 0.25) is 5.91 Å². The summed E-state index contributed by atoms with van der Waals surface area (Å²) in [6.45, 7) is 5.11. The fourth-order valence-electron chi connectivity index (χ4n) is 2.99. The molecule has 7 heteroatoms. The summed E-state index contributed by atoms with van der Waals surface area (Å²) >= 11 is 0. The van der Waals surface area contributed by atoms with E-state index in [2.05, 4.69) is 10.6 Å². The molecule has 7 nitrogen and oxygen atoms in total. The van der Waals surface area contributed by atoms with Crippen LogP contribution in [0.1, 0.15) is 38.7 Å². The van der Waals surface area contributed by atoms with E-state index in [4.69, 9.17) is 5.11 Å². The maximum atomic E-state index is 12.3. The lowest BCUT2D eigenvalue weighted by Crippen LogP contribution is -2.46. The minimum atomic E-state index is -0.854. The van der Waals surface area contributed by atoms with Crippen molar-refractivity contribution in [2.45, 2.75) is 39.7 Å². The van der Waals surface area contributed by atoms with Crippen LogP contribution in [0.2, 0.25) is 0 Å². The largest absolute Gasteiger partial charge is 0.481 e. The fourth-order valence-corrected chi connectivity index (χ4v) is 2.99. The quantitative estimate of drug-likeness (QED) is 0.725. The van der Waals surface area contributed by atoms with Crippen molar-refractivity contribution in [1.29, 1.82) is 0 Å². The van der Waals surface area contributed by atoms with E-state index in [-0.39, 0.29) is 24.4 Å². The summed E-state index contributed by atoms with van der Waals surface area (Å²) in [6.07, 6.45) is 1.76. The summed E-state index contributed by atoms with van der Waals surface area (Å²) in [5.74, 6) is -1.09. The number of hydrogen-bond donors (Lipinski definition) is 3. The molecule has 1 heterocycles. The second kappa shape index (κ2) is 9.22. The molecule has 3 amide bonds. The van der Waals surface area contributed by atoms with Gasteiger partial charge in [0.05, 0.1) is 5.92 Å². The van der Waals surface area contributed by atoms with Gasteiger partial charge in [-0.15, -0.1) is 0 Å². The molecule has 0 saturated carbocycles. The number of carboxylic acids is 1. The minimum absolute atomic E-state index is 0.0331. The smallest absolute Gasteiger partial charge is 0.317 e. The van der Waals surface area contributed by atoms with E-state index in [0.717, 1.165) is 5.56 Å². The number of likely N-dealkylation sites (tertiary alicyclic amines) is 1. The van der Waals surface area contributed by atoms with Gasteiger partial charge >= 0.3 is 12.0 Å². The molecule has 0 aliphatic carbocycles. The molecular weight excluding hydrogens is 334 g/mol. The molecule has 1 aliphatic heterocycles. The van der Waals surface area contributed by atoms with Crippen molar-refractivity contribution < 1.29 is 19.5 Å². The molecule has 3 N–H and O–H groups in total. The van der Waals surface area contributed by atoms with Gasteiger partial charge in [0.15, 0.2) is 0 Å². The molecule has 1 fully saturated rings. The Kier molecular flexibility index (Phi) is 7.00. The molecule has 142 valence electrons. The van der Waals surface area contributed by atoms with Gasteiger partial charge < -0.3 is 20.6 Å². The lowest BCUT2D eigenvalue weighted by Gasteiger charge is -2.30. The number of carbonyl (C=O) groups excluding carboxylic acids is 2. The number of nitrogens with one attached hydrogen (secondary N) is 2. The van der Waals surface area contributed by atoms with Crippen molar-refractivity contribution in [2.24, 2.45) is 11.8 Å². The lowest BCUT2D eigenvalue weighted by atomic mass is 9.99. The Balaban J connectivity index is 1.87. The van der Waals surface area contributed by atoms with Crippen LogP contribution in [0.5, 0.6) is 0 Å². The number of urea groups is 1. The number of hydrogen-bond acceptors (Lipinski definition) is 3. The Labute approximate surface area is 153 Å². The van der Waals surface area contributed by atoms with E-state index in [9.17, 15) is 14.4 Å². The van der Waals surface area contributed by atoms with Gasteiger partial charge in [-0.25, -0.2) is 4.79 Å². The zero-order chi connectivity index (χ0) is 19.1. The third-order valence-electron chi connectivity index (χ3n) is 4.31. The van der Waals surface area contributed by atoms with Crippen molar-refractivity contribution in [2.75, 3.05) is 18.4 Å². The number of carbonyl (C=O) groups is 3. The monoisotopic (exact) mass is 361 g/mol. The first kappa shape index (κ1) is 19.8. The number of aliphatic carboxylic acids is 1. The van der Waals surface area contributed by atoms with Gasteiger partial charge in [0.25, 0.3) is 0 Å². The van der Waals surface area contributed by atoms with Crippen molar-refractivity contribution >= 4 is 23.6 Å². The summed E-state index contributed by atoms with van der Waals surface area (Å²) in [5.41, 5.74) is 1.57. The summed E-state index contributed by atoms with van der Waals surface area (Å²) in [5, 5.41) is 14.8. The van der Waals surface area contributed by atoms with E-state index >= 15 is 0 Å². The van der Waals surface area contributed by atoms with Gasteiger partial charge in [-0.3, -0.25) is 9.59 Å². The first-order valence-corrected chi connectivity index (χ1v) is 8.99. The van der Waals surface area contributed by atoms with Crippen molar-refractivity contribution in [3.8, 4) is 0 Å². The van der Waals surface area contributed by atoms with Crippen LogP contribution in [0.4, 0.5) is 10.5 Å². The molecule has 1 unspecified atom stereocenters. The van der Waals surface area contributed by atoms with E-state index in [1.54, 1.807) is 4.90 Å². The fraction of sp³-hybridized carbons (Fsp3) is 0.526. The molecular formula is C19H27N3O4. The van der Waals surface area contributed by atoms with Gasteiger partial charge in [-0.2, -0.15) is 0 Å². The van der Waals surface area contributed by atoms with Crippen molar-refractivity contribution in [3.63, 3.8) is 0 Å². The number of rotatable bonds is 6. The van der Waals surface area contributed by atoms with Crippen LogP contribution >= 0.6 is 0 Å². The average Bonchev–Trinajstić information content (AvgIpc) is 2.59. The molecule has 1 saturated heterocycles. The number of nitrogens with zero attached hydrogens (tertiary/aromatic N) is 1. The highest BCUT2D eigenvalue weighted by Crippen LogP contribution is 2.17. The summed E-state index contributed by atoms with van der Waals surface area (Å²) in [4.78, 5) is 36.8. The summed E-state index contributed by atoms with van der Waals surface area (Å²) in [7, 11) is 0. The van der Waals surface area contributed by atoms with E-state index in [1.807, 2.05) is 38.1 Å². The second-order valence-corrected chi connectivity index (χ2v) is 7.13. The highest BCUT2D eigenvalue weighted by atomic mass is 16.4. The molecule has 1 aromatic rings. The number of amides is 3. The molecule has 0 spiro atoms. The zero-order valence-electron chi connectivity index (χ0n) is 15.3.